The van der Waals surface area contributed by atoms with Crippen molar-refractivity contribution in [2.75, 3.05) is 7.11 Å². The Labute approximate surface area is 139 Å². The summed E-state index contributed by atoms with van der Waals surface area (Å²) in [4.78, 5) is 16.5. The molecule has 3 aromatic rings. The molecule has 3 rings (SSSR count). The molecule has 0 unspecified atom stereocenters. The van der Waals surface area contributed by atoms with Crippen LogP contribution in [0.2, 0.25) is 0 Å². The molecule has 1 N–H and O–H groups in total. The molecule has 0 spiro atoms. The van der Waals surface area contributed by atoms with Gasteiger partial charge in [-0.2, -0.15) is 4.98 Å². The predicted octanol–water partition coefficient (Wildman–Crippen LogP) is 2.81. The van der Waals surface area contributed by atoms with Gasteiger partial charge in [0.2, 0.25) is 0 Å². The van der Waals surface area contributed by atoms with Crippen molar-refractivity contribution in [3.8, 4) is 11.5 Å². The second-order valence-corrected chi connectivity index (χ2v) is 5.20. The molecule has 0 atom stereocenters. The van der Waals surface area contributed by atoms with Crippen LogP contribution in [-0.2, 0) is 17.9 Å². The van der Waals surface area contributed by atoms with Crippen LogP contribution in [0.5, 0.6) is 0 Å². The normalized spacial score (nSPS) is 10.5. The fraction of sp³-hybridized carbons (Fsp3) is 0.167. The van der Waals surface area contributed by atoms with E-state index in [1.54, 1.807) is 19.2 Å². The summed E-state index contributed by atoms with van der Waals surface area (Å²) in [5, 5.41) is 6.67. The van der Waals surface area contributed by atoms with E-state index in [0.29, 0.717) is 23.9 Å². The first kappa shape index (κ1) is 15.9. The number of carbonyl (C=O) groups is 1. The average Bonchev–Trinajstić information content (AvgIpc) is 3.10. The molecule has 1 amide bonds. The van der Waals surface area contributed by atoms with Gasteiger partial charge < -0.3 is 14.6 Å². The number of amides is 1. The van der Waals surface area contributed by atoms with Gasteiger partial charge in [-0.3, -0.25) is 4.79 Å². The lowest BCUT2D eigenvalue weighted by Crippen LogP contribution is -2.23. The summed E-state index contributed by atoms with van der Waals surface area (Å²) in [6.45, 7) is 0.663. The third kappa shape index (κ3) is 3.85. The van der Waals surface area contributed by atoms with Crippen LogP contribution in [0.1, 0.15) is 21.7 Å². The van der Waals surface area contributed by atoms with Crippen LogP contribution in [0.3, 0.4) is 0 Å². The summed E-state index contributed by atoms with van der Waals surface area (Å²) in [6.07, 6.45) is 0. The van der Waals surface area contributed by atoms with Crippen molar-refractivity contribution in [3.63, 3.8) is 0 Å². The Hall–Kier alpha value is -2.99. The molecule has 24 heavy (non-hydrogen) atoms. The number of nitrogens with zero attached hydrogens (tertiary/aromatic N) is 2. The van der Waals surface area contributed by atoms with Crippen LogP contribution >= 0.6 is 0 Å². The molecule has 0 bridgehead atoms. The van der Waals surface area contributed by atoms with E-state index in [-0.39, 0.29) is 12.5 Å². The highest BCUT2D eigenvalue weighted by molar-refractivity contribution is 5.94. The van der Waals surface area contributed by atoms with Gasteiger partial charge in [0.1, 0.15) is 0 Å². The Morgan fingerprint density at radius 1 is 1.17 bits per heavy atom. The Morgan fingerprint density at radius 2 is 2.00 bits per heavy atom. The van der Waals surface area contributed by atoms with E-state index in [4.69, 9.17) is 9.26 Å². The molecule has 1 heterocycles. The maximum atomic E-state index is 12.2. The lowest BCUT2D eigenvalue weighted by Gasteiger charge is -2.05. The van der Waals surface area contributed by atoms with Gasteiger partial charge in [-0.25, -0.2) is 0 Å². The minimum Gasteiger partial charge on any atom is -0.380 e. The van der Waals surface area contributed by atoms with Gasteiger partial charge in [-0.1, -0.05) is 35.5 Å². The molecule has 2 aromatic carbocycles. The zero-order valence-electron chi connectivity index (χ0n) is 13.2. The van der Waals surface area contributed by atoms with Crippen LogP contribution in [-0.4, -0.2) is 23.2 Å². The van der Waals surface area contributed by atoms with E-state index in [2.05, 4.69) is 15.5 Å². The largest absolute Gasteiger partial charge is 0.380 e. The van der Waals surface area contributed by atoms with E-state index in [1.807, 2.05) is 42.5 Å². The predicted molar refractivity (Wildman–Crippen MR) is 88.1 cm³/mol. The molecular weight excluding hydrogens is 306 g/mol. The monoisotopic (exact) mass is 323 g/mol. The van der Waals surface area contributed by atoms with E-state index in [0.717, 1.165) is 11.1 Å². The van der Waals surface area contributed by atoms with Crippen molar-refractivity contribution in [1.29, 1.82) is 0 Å². The maximum Gasteiger partial charge on any atom is 0.257 e. The minimum absolute atomic E-state index is 0.195. The number of methoxy groups -OCH3 is 1. The van der Waals surface area contributed by atoms with E-state index in [1.165, 1.54) is 0 Å². The molecule has 0 aliphatic carbocycles. The highest BCUT2D eigenvalue weighted by atomic mass is 16.5. The van der Waals surface area contributed by atoms with Crippen LogP contribution in [0.4, 0.5) is 0 Å². The zero-order valence-corrected chi connectivity index (χ0v) is 13.2. The van der Waals surface area contributed by atoms with Crippen LogP contribution < -0.4 is 5.32 Å². The van der Waals surface area contributed by atoms with Crippen molar-refractivity contribution < 1.29 is 14.1 Å². The lowest BCUT2D eigenvalue weighted by molar-refractivity contribution is 0.0949. The van der Waals surface area contributed by atoms with Crippen molar-refractivity contribution in [1.82, 2.24) is 15.5 Å². The van der Waals surface area contributed by atoms with E-state index < -0.39 is 0 Å². The van der Waals surface area contributed by atoms with Crippen molar-refractivity contribution in [3.05, 3.63) is 71.5 Å². The molecular formula is C18H17N3O3. The molecule has 0 radical (unpaired) electrons. The van der Waals surface area contributed by atoms with Crippen LogP contribution in [0.15, 0.2) is 59.1 Å². The number of hydrogen-bond acceptors (Lipinski definition) is 5. The fourth-order valence-corrected chi connectivity index (χ4v) is 2.25. The number of rotatable bonds is 6. The first-order chi connectivity index (χ1) is 11.8. The van der Waals surface area contributed by atoms with E-state index in [9.17, 15) is 4.79 Å². The van der Waals surface area contributed by atoms with Crippen molar-refractivity contribution >= 4 is 5.91 Å². The van der Waals surface area contributed by atoms with Gasteiger partial charge in [0, 0.05) is 18.2 Å². The number of nitrogens with one attached hydrogen (secondary N) is 1. The van der Waals surface area contributed by atoms with Gasteiger partial charge in [0.15, 0.2) is 5.82 Å². The smallest absolute Gasteiger partial charge is 0.257 e. The van der Waals surface area contributed by atoms with Gasteiger partial charge in [-0.05, 0) is 29.8 Å². The molecule has 6 nitrogen and oxygen atoms in total. The molecule has 6 heteroatoms. The Balaban J connectivity index is 1.62. The van der Waals surface area contributed by atoms with Gasteiger partial charge in [-0.15, -0.1) is 0 Å². The molecule has 0 aliphatic rings. The summed E-state index contributed by atoms with van der Waals surface area (Å²) in [5.74, 6) is 0.663. The zero-order chi connectivity index (χ0) is 16.8. The average molecular weight is 323 g/mol. The molecule has 0 fully saturated rings. The summed E-state index contributed by atoms with van der Waals surface area (Å²) in [7, 11) is 1.62. The SMILES string of the molecule is COCc1cccc(C(=O)NCc2noc(-c3ccccc3)n2)c1. The topological polar surface area (TPSA) is 77.2 Å². The third-order valence-electron chi connectivity index (χ3n) is 3.40. The Bertz CT molecular complexity index is 815. The lowest BCUT2D eigenvalue weighted by atomic mass is 10.1. The molecule has 1 aromatic heterocycles. The number of hydrogen-bond donors (Lipinski definition) is 1. The van der Waals surface area contributed by atoms with Gasteiger partial charge in [0.05, 0.1) is 13.2 Å². The van der Waals surface area contributed by atoms with Crippen LogP contribution in [0, 0.1) is 0 Å². The Morgan fingerprint density at radius 3 is 2.79 bits per heavy atom. The number of ether oxygens (including phenoxy) is 1. The minimum atomic E-state index is -0.195. The summed E-state index contributed by atoms with van der Waals surface area (Å²) in [6, 6.07) is 16.8. The van der Waals surface area contributed by atoms with Crippen molar-refractivity contribution in [2.45, 2.75) is 13.2 Å². The summed E-state index contributed by atoms with van der Waals surface area (Å²) < 4.78 is 10.3. The van der Waals surface area contributed by atoms with Crippen LogP contribution in [0.25, 0.3) is 11.5 Å². The number of carbonyl (C=O) groups excluding carboxylic acids is 1. The molecule has 0 aliphatic heterocycles. The second-order valence-electron chi connectivity index (χ2n) is 5.20. The van der Waals surface area contributed by atoms with E-state index >= 15 is 0 Å². The van der Waals surface area contributed by atoms with Gasteiger partial charge >= 0.3 is 0 Å². The first-order valence-corrected chi connectivity index (χ1v) is 7.50. The maximum absolute atomic E-state index is 12.2. The quantitative estimate of drug-likeness (QED) is 0.755. The summed E-state index contributed by atoms with van der Waals surface area (Å²) >= 11 is 0. The third-order valence-corrected chi connectivity index (χ3v) is 3.40. The molecule has 122 valence electrons. The first-order valence-electron chi connectivity index (χ1n) is 7.50. The molecule has 0 saturated carbocycles. The fourth-order valence-electron chi connectivity index (χ4n) is 2.25. The van der Waals surface area contributed by atoms with Crippen molar-refractivity contribution in [2.24, 2.45) is 0 Å². The highest BCUT2D eigenvalue weighted by Gasteiger charge is 2.11. The highest BCUT2D eigenvalue weighted by Crippen LogP contribution is 2.16. The van der Waals surface area contributed by atoms with Gasteiger partial charge in [0.25, 0.3) is 11.8 Å². The Kier molecular flexibility index (Phi) is 4.98. The summed E-state index contributed by atoms with van der Waals surface area (Å²) in [5.41, 5.74) is 2.35. The standard InChI is InChI=1S/C18H17N3O3/c1-23-12-13-6-5-9-15(10-13)17(22)19-11-16-20-18(24-21-16)14-7-3-2-4-8-14/h2-10H,11-12H2,1H3,(H,19,22). The number of aromatic nitrogens is 2. The molecule has 0 saturated heterocycles. The number of benzene rings is 2. The second kappa shape index (κ2) is 7.52.